The monoisotopic (exact) mass is 387 g/mol. The van der Waals surface area contributed by atoms with Crippen molar-refractivity contribution in [3.8, 4) is 5.75 Å². The normalized spacial score (nSPS) is 19.8. The Morgan fingerprint density at radius 3 is 2.56 bits per heavy atom. The highest BCUT2D eigenvalue weighted by Gasteiger charge is 2.64. The maximum Gasteiger partial charge on any atom is 0.406 e. The van der Waals surface area contributed by atoms with Gasteiger partial charge >= 0.3 is 12.1 Å². The fourth-order valence-electron chi connectivity index (χ4n) is 2.93. The number of ketones is 1. The highest BCUT2D eigenvalue weighted by Crippen LogP contribution is 2.45. The quantitative estimate of drug-likeness (QED) is 0.575. The molecular formula is C18H20F3NO5. The van der Waals surface area contributed by atoms with Crippen molar-refractivity contribution in [2.45, 2.75) is 32.4 Å². The molecule has 1 fully saturated rings. The summed E-state index contributed by atoms with van der Waals surface area (Å²) in [4.78, 5) is 35.5. The number of benzene rings is 1. The number of nitrogens with zero attached hydrogens (tertiary/aromatic N) is 1. The van der Waals surface area contributed by atoms with E-state index in [1.165, 1.54) is 6.92 Å². The van der Waals surface area contributed by atoms with Gasteiger partial charge in [0.05, 0.1) is 6.61 Å². The molecule has 0 aromatic heterocycles. The first-order valence-electron chi connectivity index (χ1n) is 8.38. The Labute approximate surface area is 153 Å². The third kappa shape index (κ3) is 4.58. The van der Waals surface area contributed by atoms with Crippen LogP contribution >= 0.6 is 0 Å². The van der Waals surface area contributed by atoms with Crippen LogP contribution in [0.4, 0.5) is 13.2 Å². The number of hydrogen-bond donors (Lipinski definition) is 1. The maximum absolute atomic E-state index is 13.1. The van der Waals surface area contributed by atoms with E-state index in [1.807, 2.05) is 0 Å². The number of carboxylic acids is 1. The van der Waals surface area contributed by atoms with E-state index >= 15 is 0 Å². The number of carbonyl (C=O) groups is 3. The van der Waals surface area contributed by atoms with Crippen molar-refractivity contribution >= 4 is 17.7 Å². The number of alkyl halides is 3. The summed E-state index contributed by atoms with van der Waals surface area (Å²) < 4.78 is 44.8. The van der Waals surface area contributed by atoms with Crippen LogP contribution in [0.2, 0.25) is 0 Å². The number of amides is 1. The summed E-state index contributed by atoms with van der Waals surface area (Å²) in [5.41, 5.74) is -2.41. The summed E-state index contributed by atoms with van der Waals surface area (Å²) in [6, 6.07) is 6.51. The molecule has 0 aliphatic carbocycles. The van der Waals surface area contributed by atoms with Gasteiger partial charge in [-0.05, 0) is 31.9 Å². The summed E-state index contributed by atoms with van der Waals surface area (Å²) in [7, 11) is 0. The first-order chi connectivity index (χ1) is 12.6. The van der Waals surface area contributed by atoms with Crippen LogP contribution in [0, 0.1) is 5.41 Å². The molecule has 9 heteroatoms. The number of carbonyl (C=O) groups excluding carboxylic acids is 2. The van der Waals surface area contributed by atoms with Gasteiger partial charge in [-0.15, -0.1) is 0 Å². The number of Topliss-reactive ketones (excluding diaryl/α,β-unsaturated/α-hetero) is 1. The van der Waals surface area contributed by atoms with Gasteiger partial charge in [-0.2, -0.15) is 13.2 Å². The molecule has 148 valence electrons. The van der Waals surface area contributed by atoms with E-state index in [0.29, 0.717) is 11.3 Å². The van der Waals surface area contributed by atoms with Gasteiger partial charge in [0, 0.05) is 25.1 Å². The summed E-state index contributed by atoms with van der Waals surface area (Å²) in [6.07, 6.45) is -5.36. The molecule has 1 atom stereocenters. The van der Waals surface area contributed by atoms with E-state index in [2.05, 4.69) is 0 Å². The van der Waals surface area contributed by atoms with Gasteiger partial charge < -0.3 is 14.7 Å². The predicted molar refractivity (Wildman–Crippen MR) is 88.5 cm³/mol. The van der Waals surface area contributed by atoms with Crippen molar-refractivity contribution in [3.05, 3.63) is 29.8 Å². The van der Waals surface area contributed by atoms with Gasteiger partial charge in [-0.1, -0.05) is 12.1 Å². The van der Waals surface area contributed by atoms with Crippen molar-refractivity contribution < 1.29 is 37.4 Å². The maximum atomic E-state index is 13.1. The fraction of sp³-hybridized carbons (Fsp3) is 0.500. The van der Waals surface area contributed by atoms with Crippen LogP contribution in [-0.2, 0) is 9.59 Å². The Bertz CT molecular complexity index is 734. The Balaban J connectivity index is 1.84. The van der Waals surface area contributed by atoms with E-state index in [1.54, 1.807) is 24.3 Å². The van der Waals surface area contributed by atoms with E-state index in [9.17, 15) is 27.6 Å². The van der Waals surface area contributed by atoms with Crippen molar-refractivity contribution in [1.82, 2.24) is 4.90 Å². The third-order valence-corrected chi connectivity index (χ3v) is 4.62. The number of hydrogen-bond acceptors (Lipinski definition) is 4. The van der Waals surface area contributed by atoms with Gasteiger partial charge in [0.1, 0.15) is 5.75 Å². The van der Waals surface area contributed by atoms with Crippen LogP contribution in [0.1, 0.15) is 36.5 Å². The Hall–Kier alpha value is -2.58. The summed E-state index contributed by atoms with van der Waals surface area (Å²) >= 11 is 0. The molecule has 1 amide bonds. The van der Waals surface area contributed by atoms with Crippen molar-refractivity contribution in [3.63, 3.8) is 0 Å². The molecule has 1 N–H and O–H groups in total. The molecule has 1 aromatic carbocycles. The highest BCUT2D eigenvalue weighted by atomic mass is 19.4. The highest BCUT2D eigenvalue weighted by molar-refractivity contribution is 5.94. The minimum Gasteiger partial charge on any atom is -0.494 e. The zero-order chi connectivity index (χ0) is 20.2. The molecule has 1 aliphatic heterocycles. The number of halogens is 3. The fourth-order valence-corrected chi connectivity index (χ4v) is 2.93. The van der Waals surface area contributed by atoms with Crippen LogP contribution in [0.25, 0.3) is 0 Å². The molecule has 0 radical (unpaired) electrons. The number of aliphatic carboxylic acids is 1. The second-order valence-electron chi connectivity index (χ2n) is 6.49. The van der Waals surface area contributed by atoms with Crippen LogP contribution in [0.3, 0.4) is 0 Å². The molecule has 27 heavy (non-hydrogen) atoms. The first kappa shape index (κ1) is 20.7. The average Bonchev–Trinajstić information content (AvgIpc) is 3.06. The van der Waals surface area contributed by atoms with Gasteiger partial charge in [0.15, 0.2) is 11.2 Å². The number of likely N-dealkylation sites (tertiary alicyclic amines) is 1. The second kappa shape index (κ2) is 7.98. The summed E-state index contributed by atoms with van der Waals surface area (Å²) in [5, 5.41) is 9.00. The van der Waals surface area contributed by atoms with Crippen LogP contribution in [0.5, 0.6) is 5.75 Å². The second-order valence-corrected chi connectivity index (χ2v) is 6.49. The minimum atomic E-state index is -4.92. The SMILES string of the molecule is CC(=O)c1cccc(OCCCC(=O)N2CCC(C(=O)O)(C(F)(F)F)C2)c1. The van der Waals surface area contributed by atoms with Crippen LogP contribution in [0.15, 0.2) is 24.3 Å². The molecule has 1 heterocycles. The zero-order valence-corrected chi connectivity index (χ0v) is 14.7. The Kier molecular flexibility index (Phi) is 6.12. The molecule has 1 saturated heterocycles. The van der Waals surface area contributed by atoms with Gasteiger partial charge in [-0.25, -0.2) is 0 Å². The number of carboxylic acid groups (broad SMARTS) is 1. The van der Waals surface area contributed by atoms with Crippen LogP contribution < -0.4 is 4.74 Å². The standard InChI is InChI=1S/C18H20F3NO5/c1-12(23)13-4-2-5-14(10-13)27-9-3-6-15(24)22-8-7-17(11-22,16(25)26)18(19,20)21/h2,4-5,10H,3,6-9,11H2,1H3,(H,25,26). The minimum absolute atomic E-state index is 0.0556. The van der Waals surface area contributed by atoms with Gasteiger partial charge in [0.2, 0.25) is 5.91 Å². The molecule has 0 spiro atoms. The van der Waals surface area contributed by atoms with Gasteiger partial charge in [-0.3, -0.25) is 14.4 Å². The van der Waals surface area contributed by atoms with E-state index in [0.717, 1.165) is 4.90 Å². The summed E-state index contributed by atoms with van der Waals surface area (Å²) in [6.45, 7) is 0.453. The van der Waals surface area contributed by atoms with Crippen LogP contribution in [-0.4, -0.2) is 53.5 Å². The van der Waals surface area contributed by atoms with Crippen molar-refractivity contribution in [2.75, 3.05) is 19.7 Å². The Morgan fingerprint density at radius 1 is 1.30 bits per heavy atom. The summed E-state index contributed by atoms with van der Waals surface area (Å²) in [5.74, 6) is -2.16. The topological polar surface area (TPSA) is 83.9 Å². The molecule has 0 bridgehead atoms. The van der Waals surface area contributed by atoms with E-state index < -0.39 is 36.4 Å². The molecule has 0 saturated carbocycles. The Morgan fingerprint density at radius 2 is 2.00 bits per heavy atom. The first-order valence-corrected chi connectivity index (χ1v) is 8.38. The molecule has 1 aromatic rings. The molecule has 2 rings (SSSR count). The van der Waals surface area contributed by atoms with E-state index in [4.69, 9.17) is 9.84 Å². The molecule has 1 unspecified atom stereocenters. The number of ether oxygens (including phenoxy) is 1. The lowest BCUT2D eigenvalue weighted by Gasteiger charge is -2.27. The third-order valence-electron chi connectivity index (χ3n) is 4.62. The lowest BCUT2D eigenvalue weighted by Crippen LogP contribution is -2.47. The molecular weight excluding hydrogens is 367 g/mol. The van der Waals surface area contributed by atoms with Crippen molar-refractivity contribution in [2.24, 2.45) is 5.41 Å². The lowest BCUT2D eigenvalue weighted by atomic mass is 9.86. The largest absolute Gasteiger partial charge is 0.494 e. The number of rotatable bonds is 7. The van der Waals surface area contributed by atoms with Crippen molar-refractivity contribution in [1.29, 1.82) is 0 Å². The molecule has 1 aliphatic rings. The van der Waals surface area contributed by atoms with E-state index in [-0.39, 0.29) is 31.8 Å². The average molecular weight is 387 g/mol. The lowest BCUT2D eigenvalue weighted by molar-refractivity contribution is -0.227. The molecule has 6 nitrogen and oxygen atoms in total. The zero-order valence-electron chi connectivity index (χ0n) is 14.7. The predicted octanol–water partition coefficient (Wildman–Crippen LogP) is 2.91. The van der Waals surface area contributed by atoms with Gasteiger partial charge in [0.25, 0.3) is 0 Å². The smallest absolute Gasteiger partial charge is 0.406 e.